The van der Waals surface area contributed by atoms with E-state index in [1.807, 2.05) is 0 Å². The van der Waals surface area contributed by atoms with Gasteiger partial charge in [0, 0.05) is 11.1 Å². The summed E-state index contributed by atoms with van der Waals surface area (Å²) in [5, 5.41) is 0.978. The molecule has 4 N–H and O–H groups in total. The maximum absolute atomic E-state index is 5.88. The van der Waals surface area contributed by atoms with Crippen molar-refractivity contribution in [3.63, 3.8) is 0 Å². The lowest BCUT2D eigenvalue weighted by Crippen LogP contribution is -2.11. The molecule has 0 aromatic heterocycles. The second kappa shape index (κ2) is 4.69. The minimum atomic E-state index is -0.205. The molecule has 0 bridgehead atoms. The van der Waals surface area contributed by atoms with E-state index in [1.54, 1.807) is 18.2 Å². The van der Waals surface area contributed by atoms with Gasteiger partial charge in [-0.3, -0.25) is 0 Å². The predicted octanol–water partition coefficient (Wildman–Crippen LogP) is 3.15. The van der Waals surface area contributed by atoms with Crippen LogP contribution in [0.2, 0.25) is 10.0 Å². The molecule has 0 saturated carbocycles. The summed E-state index contributed by atoms with van der Waals surface area (Å²) < 4.78 is 0. The normalized spacial score (nSPS) is 12.5. The molecule has 0 fully saturated rings. The van der Waals surface area contributed by atoms with E-state index >= 15 is 0 Å². The van der Waals surface area contributed by atoms with Crippen molar-refractivity contribution < 1.29 is 0 Å². The van der Waals surface area contributed by atoms with Gasteiger partial charge in [0.2, 0.25) is 0 Å². The molecule has 1 unspecified atom stereocenters. The summed E-state index contributed by atoms with van der Waals surface area (Å²) in [6, 6.07) is 3.13. The van der Waals surface area contributed by atoms with Crippen LogP contribution in [0.4, 0.5) is 5.69 Å². The first-order valence-corrected chi connectivity index (χ1v) is 4.92. The largest absolute Gasteiger partial charge is 0.397 e. The van der Waals surface area contributed by atoms with Crippen LogP contribution in [0.3, 0.4) is 0 Å². The Kier molecular flexibility index (Phi) is 3.81. The van der Waals surface area contributed by atoms with Crippen molar-refractivity contribution in [2.75, 3.05) is 5.73 Å². The van der Waals surface area contributed by atoms with Crippen LogP contribution in [0.25, 0.3) is 0 Å². The summed E-state index contributed by atoms with van der Waals surface area (Å²) in [4.78, 5) is 0. The fraction of sp³-hybridized carbons (Fsp3) is 0.200. The van der Waals surface area contributed by atoms with Gasteiger partial charge in [0.15, 0.2) is 0 Å². The third kappa shape index (κ3) is 2.41. The van der Waals surface area contributed by atoms with Crippen LogP contribution in [0.1, 0.15) is 18.0 Å². The summed E-state index contributed by atoms with van der Waals surface area (Å²) >= 11 is 11.7. The Balaban J connectivity index is 3.12. The standard InChI is InChI=1S/C10H12Cl2N2/c1-2-3-9(13)7-4-6(11)5-8(12)10(7)14/h2,4-5,9H,1,3,13-14H2. The van der Waals surface area contributed by atoms with Crippen molar-refractivity contribution in [2.24, 2.45) is 5.73 Å². The van der Waals surface area contributed by atoms with Gasteiger partial charge < -0.3 is 11.5 Å². The monoisotopic (exact) mass is 230 g/mol. The molecule has 0 heterocycles. The molecule has 1 aromatic rings. The highest BCUT2D eigenvalue weighted by molar-refractivity contribution is 6.36. The zero-order valence-electron chi connectivity index (χ0n) is 7.63. The number of benzene rings is 1. The molecule has 1 rings (SSSR count). The molecule has 0 amide bonds. The summed E-state index contributed by atoms with van der Waals surface area (Å²) in [6.07, 6.45) is 2.37. The van der Waals surface area contributed by atoms with E-state index in [-0.39, 0.29) is 6.04 Å². The fourth-order valence-electron chi connectivity index (χ4n) is 1.22. The summed E-state index contributed by atoms with van der Waals surface area (Å²) in [6.45, 7) is 3.61. The number of hydrogen-bond acceptors (Lipinski definition) is 2. The number of rotatable bonds is 3. The molecule has 0 aliphatic rings. The zero-order chi connectivity index (χ0) is 10.7. The summed E-state index contributed by atoms with van der Waals surface area (Å²) in [7, 11) is 0. The first kappa shape index (κ1) is 11.4. The van der Waals surface area contributed by atoms with E-state index in [0.29, 0.717) is 22.2 Å². The molecule has 14 heavy (non-hydrogen) atoms. The van der Waals surface area contributed by atoms with Gasteiger partial charge in [-0.2, -0.15) is 0 Å². The third-order valence-electron chi connectivity index (χ3n) is 1.95. The molecule has 0 aliphatic heterocycles. The number of anilines is 1. The minimum Gasteiger partial charge on any atom is -0.397 e. The van der Waals surface area contributed by atoms with Crippen molar-refractivity contribution in [1.82, 2.24) is 0 Å². The van der Waals surface area contributed by atoms with E-state index in [0.717, 1.165) is 5.56 Å². The molecule has 76 valence electrons. The van der Waals surface area contributed by atoms with Crippen molar-refractivity contribution >= 4 is 28.9 Å². The van der Waals surface area contributed by atoms with E-state index < -0.39 is 0 Å². The lowest BCUT2D eigenvalue weighted by atomic mass is 10.0. The zero-order valence-corrected chi connectivity index (χ0v) is 9.15. The predicted molar refractivity (Wildman–Crippen MR) is 62.6 cm³/mol. The lowest BCUT2D eigenvalue weighted by molar-refractivity contribution is 0.744. The summed E-state index contributed by atoms with van der Waals surface area (Å²) in [5.41, 5.74) is 12.9. The van der Waals surface area contributed by atoms with Crippen LogP contribution in [0.15, 0.2) is 24.8 Å². The van der Waals surface area contributed by atoms with Gasteiger partial charge in [-0.05, 0) is 24.1 Å². The minimum absolute atomic E-state index is 0.205. The number of halogens is 2. The van der Waals surface area contributed by atoms with Crippen LogP contribution >= 0.6 is 23.2 Å². The quantitative estimate of drug-likeness (QED) is 0.620. The molecule has 0 saturated heterocycles. The topological polar surface area (TPSA) is 52.0 Å². The number of nitrogens with two attached hydrogens (primary N) is 2. The average molecular weight is 231 g/mol. The van der Waals surface area contributed by atoms with Crippen LogP contribution in [-0.2, 0) is 0 Å². The maximum Gasteiger partial charge on any atom is 0.0653 e. The molecule has 0 aliphatic carbocycles. The molecule has 0 spiro atoms. The van der Waals surface area contributed by atoms with Crippen molar-refractivity contribution in [1.29, 1.82) is 0 Å². The van der Waals surface area contributed by atoms with E-state index in [2.05, 4.69) is 6.58 Å². The van der Waals surface area contributed by atoms with Gasteiger partial charge in [0.05, 0.1) is 10.7 Å². The second-order valence-corrected chi connectivity index (χ2v) is 3.87. The second-order valence-electron chi connectivity index (χ2n) is 3.02. The van der Waals surface area contributed by atoms with Gasteiger partial charge >= 0.3 is 0 Å². The first-order chi connectivity index (χ1) is 6.56. The van der Waals surface area contributed by atoms with Crippen molar-refractivity contribution in [3.8, 4) is 0 Å². The van der Waals surface area contributed by atoms with Gasteiger partial charge in [0.1, 0.15) is 0 Å². The Bertz CT molecular complexity index is 350. The molecule has 2 nitrogen and oxygen atoms in total. The van der Waals surface area contributed by atoms with E-state index in [4.69, 9.17) is 34.7 Å². The Labute approximate surface area is 93.5 Å². The van der Waals surface area contributed by atoms with E-state index in [9.17, 15) is 0 Å². The lowest BCUT2D eigenvalue weighted by Gasteiger charge is -2.14. The Hall–Kier alpha value is -0.700. The third-order valence-corrected chi connectivity index (χ3v) is 2.48. The van der Waals surface area contributed by atoms with Crippen LogP contribution in [-0.4, -0.2) is 0 Å². The molecule has 1 atom stereocenters. The maximum atomic E-state index is 5.88. The Morgan fingerprint density at radius 3 is 2.64 bits per heavy atom. The highest BCUT2D eigenvalue weighted by Crippen LogP contribution is 2.31. The number of hydrogen-bond donors (Lipinski definition) is 2. The molecular formula is C10H12Cl2N2. The van der Waals surface area contributed by atoms with Crippen molar-refractivity contribution in [2.45, 2.75) is 12.5 Å². The van der Waals surface area contributed by atoms with Crippen LogP contribution in [0.5, 0.6) is 0 Å². The number of nitrogen functional groups attached to an aromatic ring is 1. The van der Waals surface area contributed by atoms with Crippen LogP contribution < -0.4 is 11.5 Å². The Morgan fingerprint density at radius 2 is 2.07 bits per heavy atom. The van der Waals surface area contributed by atoms with Gasteiger partial charge in [-0.15, -0.1) is 6.58 Å². The highest BCUT2D eigenvalue weighted by atomic mass is 35.5. The fourth-order valence-corrected chi connectivity index (χ4v) is 1.73. The summed E-state index contributed by atoms with van der Waals surface area (Å²) in [5.74, 6) is 0. The molecule has 1 aromatic carbocycles. The smallest absolute Gasteiger partial charge is 0.0653 e. The van der Waals surface area contributed by atoms with Gasteiger partial charge in [-0.1, -0.05) is 29.3 Å². The van der Waals surface area contributed by atoms with Crippen molar-refractivity contribution in [3.05, 3.63) is 40.4 Å². The van der Waals surface area contributed by atoms with Gasteiger partial charge in [-0.25, -0.2) is 0 Å². The van der Waals surface area contributed by atoms with Crippen LogP contribution in [0, 0.1) is 0 Å². The highest BCUT2D eigenvalue weighted by Gasteiger charge is 2.11. The molecule has 0 radical (unpaired) electrons. The molecule has 4 heteroatoms. The van der Waals surface area contributed by atoms with E-state index in [1.165, 1.54) is 0 Å². The molecular weight excluding hydrogens is 219 g/mol. The SMILES string of the molecule is C=CCC(N)c1cc(Cl)cc(Cl)c1N. The van der Waals surface area contributed by atoms with Gasteiger partial charge in [0.25, 0.3) is 0 Å². The Morgan fingerprint density at radius 1 is 1.43 bits per heavy atom. The first-order valence-electron chi connectivity index (χ1n) is 4.17. The average Bonchev–Trinajstić information content (AvgIpc) is 2.11.